The normalized spacial score (nSPS) is 9.89. The summed E-state index contributed by atoms with van der Waals surface area (Å²) in [5.74, 6) is 5.37. The summed E-state index contributed by atoms with van der Waals surface area (Å²) in [5.41, 5.74) is 4.28. The molecule has 0 aliphatic carbocycles. The fourth-order valence-corrected chi connectivity index (χ4v) is 1.42. The molecule has 0 atom stereocenters. The second kappa shape index (κ2) is 5.24. The highest BCUT2D eigenvalue weighted by Crippen LogP contribution is 2.13. The van der Waals surface area contributed by atoms with Crippen molar-refractivity contribution in [1.29, 1.82) is 0 Å². The molecule has 2 aromatic rings. The van der Waals surface area contributed by atoms with Crippen LogP contribution < -0.4 is 16.6 Å². The molecule has 0 aliphatic heterocycles. The van der Waals surface area contributed by atoms with Gasteiger partial charge in [-0.1, -0.05) is 6.07 Å². The topological polar surface area (TPSA) is 92.9 Å². The molecule has 4 N–H and O–H groups in total. The Morgan fingerprint density at radius 2 is 2.17 bits per heavy atom. The van der Waals surface area contributed by atoms with E-state index in [0.29, 0.717) is 11.5 Å². The number of hydrazine groups is 1. The Morgan fingerprint density at radius 1 is 1.33 bits per heavy atom. The first-order valence-electron chi connectivity index (χ1n) is 5.36. The third kappa shape index (κ3) is 2.61. The highest BCUT2D eigenvalue weighted by molar-refractivity contribution is 6.03. The van der Waals surface area contributed by atoms with Gasteiger partial charge in [0, 0.05) is 6.20 Å². The summed E-state index contributed by atoms with van der Waals surface area (Å²) in [6.07, 6.45) is 3.26. The number of hydrogen-bond donors (Lipinski definition) is 3. The van der Waals surface area contributed by atoms with Crippen LogP contribution >= 0.6 is 0 Å². The fourth-order valence-electron chi connectivity index (χ4n) is 1.42. The minimum absolute atomic E-state index is 0.286. The monoisotopic (exact) mass is 243 g/mol. The van der Waals surface area contributed by atoms with Crippen LogP contribution in [0.3, 0.4) is 0 Å². The number of carbonyl (C=O) groups excluding carboxylic acids is 1. The van der Waals surface area contributed by atoms with E-state index in [1.54, 1.807) is 30.6 Å². The number of nitrogens with two attached hydrogens (primary N) is 1. The number of anilines is 2. The minimum atomic E-state index is -0.303. The Kier molecular flexibility index (Phi) is 3.49. The highest BCUT2D eigenvalue weighted by Gasteiger charge is 2.09. The van der Waals surface area contributed by atoms with E-state index in [-0.39, 0.29) is 11.6 Å². The molecule has 2 rings (SSSR count). The van der Waals surface area contributed by atoms with Crippen molar-refractivity contribution in [3.8, 4) is 0 Å². The zero-order valence-electron chi connectivity index (χ0n) is 9.84. The second-order valence-corrected chi connectivity index (χ2v) is 3.70. The van der Waals surface area contributed by atoms with Crippen molar-refractivity contribution in [3.05, 3.63) is 47.9 Å². The van der Waals surface area contributed by atoms with Crippen LogP contribution in [0, 0.1) is 6.92 Å². The van der Waals surface area contributed by atoms with Crippen molar-refractivity contribution in [1.82, 2.24) is 9.97 Å². The maximum Gasteiger partial charge on any atom is 0.274 e. The number of nitrogens with zero attached hydrogens (tertiary/aromatic N) is 2. The number of nitrogens with one attached hydrogen (secondary N) is 2. The van der Waals surface area contributed by atoms with Gasteiger partial charge in [-0.05, 0) is 30.7 Å². The van der Waals surface area contributed by atoms with Crippen LogP contribution in [-0.2, 0) is 0 Å². The van der Waals surface area contributed by atoms with Gasteiger partial charge >= 0.3 is 0 Å². The first-order valence-corrected chi connectivity index (χ1v) is 5.36. The number of amides is 1. The molecule has 0 saturated heterocycles. The lowest BCUT2D eigenvalue weighted by molar-refractivity contribution is 0.102. The van der Waals surface area contributed by atoms with Gasteiger partial charge in [0.1, 0.15) is 11.5 Å². The standard InChI is InChI=1S/C12H13N5O/c1-8-5-6-14-7-10(8)16-12(18)9-3-2-4-11(15-9)17-13/h2-7H,13H2,1H3,(H,15,17)(H,16,18). The largest absolute Gasteiger partial charge is 0.319 e. The van der Waals surface area contributed by atoms with Crippen LogP contribution in [0.25, 0.3) is 0 Å². The van der Waals surface area contributed by atoms with Crippen LogP contribution in [-0.4, -0.2) is 15.9 Å². The van der Waals surface area contributed by atoms with E-state index < -0.39 is 0 Å². The number of rotatable bonds is 3. The van der Waals surface area contributed by atoms with Gasteiger partial charge in [-0.2, -0.15) is 0 Å². The molecule has 2 heterocycles. The van der Waals surface area contributed by atoms with Crippen LogP contribution in [0.1, 0.15) is 16.1 Å². The average Bonchev–Trinajstić information content (AvgIpc) is 2.41. The maximum absolute atomic E-state index is 12.0. The molecular formula is C12H13N5O. The highest BCUT2D eigenvalue weighted by atomic mass is 16.1. The SMILES string of the molecule is Cc1ccncc1NC(=O)c1cccc(NN)n1. The van der Waals surface area contributed by atoms with Crippen LogP contribution in [0.4, 0.5) is 11.5 Å². The van der Waals surface area contributed by atoms with E-state index in [0.717, 1.165) is 5.56 Å². The smallest absolute Gasteiger partial charge is 0.274 e. The maximum atomic E-state index is 12.0. The molecule has 2 aromatic heterocycles. The van der Waals surface area contributed by atoms with Gasteiger partial charge in [-0.15, -0.1) is 0 Å². The lowest BCUT2D eigenvalue weighted by Crippen LogP contribution is -2.16. The number of aromatic nitrogens is 2. The molecule has 92 valence electrons. The summed E-state index contributed by atoms with van der Waals surface area (Å²) < 4.78 is 0. The predicted octanol–water partition coefficient (Wildman–Crippen LogP) is 1.32. The molecule has 0 aromatic carbocycles. The molecule has 18 heavy (non-hydrogen) atoms. The molecule has 0 saturated carbocycles. The zero-order chi connectivity index (χ0) is 13.0. The lowest BCUT2D eigenvalue weighted by Gasteiger charge is -2.07. The lowest BCUT2D eigenvalue weighted by atomic mass is 10.2. The minimum Gasteiger partial charge on any atom is -0.319 e. The van der Waals surface area contributed by atoms with Gasteiger partial charge in [-0.3, -0.25) is 9.78 Å². The van der Waals surface area contributed by atoms with Crippen molar-refractivity contribution < 1.29 is 4.79 Å². The van der Waals surface area contributed by atoms with Crippen LogP contribution in [0.15, 0.2) is 36.7 Å². The van der Waals surface area contributed by atoms with Crippen LogP contribution in [0.5, 0.6) is 0 Å². The van der Waals surface area contributed by atoms with Gasteiger partial charge in [0.15, 0.2) is 0 Å². The Balaban J connectivity index is 2.19. The number of carbonyl (C=O) groups is 1. The Bertz CT molecular complexity index is 570. The van der Waals surface area contributed by atoms with Crippen LogP contribution in [0.2, 0.25) is 0 Å². The molecular weight excluding hydrogens is 230 g/mol. The molecule has 0 spiro atoms. The third-order valence-corrected chi connectivity index (χ3v) is 2.42. The Hall–Kier alpha value is -2.47. The molecule has 1 amide bonds. The quantitative estimate of drug-likeness (QED) is 0.558. The second-order valence-electron chi connectivity index (χ2n) is 3.70. The van der Waals surface area contributed by atoms with Crippen molar-refractivity contribution in [3.63, 3.8) is 0 Å². The molecule has 0 unspecified atom stereocenters. The van der Waals surface area contributed by atoms with Gasteiger partial charge in [-0.25, -0.2) is 10.8 Å². The predicted molar refractivity (Wildman–Crippen MR) is 69.0 cm³/mol. The molecule has 0 bridgehead atoms. The molecule has 6 heteroatoms. The fraction of sp³-hybridized carbons (Fsp3) is 0.0833. The van der Waals surface area contributed by atoms with E-state index >= 15 is 0 Å². The van der Waals surface area contributed by atoms with E-state index in [9.17, 15) is 4.79 Å². The van der Waals surface area contributed by atoms with Crippen molar-refractivity contribution in [2.45, 2.75) is 6.92 Å². The summed E-state index contributed by atoms with van der Waals surface area (Å²) in [5, 5.41) is 2.75. The first-order chi connectivity index (χ1) is 8.70. The average molecular weight is 243 g/mol. The van der Waals surface area contributed by atoms with E-state index in [4.69, 9.17) is 5.84 Å². The number of nitrogen functional groups attached to an aromatic ring is 1. The number of hydrogen-bond acceptors (Lipinski definition) is 5. The summed E-state index contributed by atoms with van der Waals surface area (Å²) >= 11 is 0. The summed E-state index contributed by atoms with van der Waals surface area (Å²) in [6.45, 7) is 1.89. The summed E-state index contributed by atoms with van der Waals surface area (Å²) in [6, 6.07) is 6.81. The molecule has 6 nitrogen and oxygen atoms in total. The van der Waals surface area contributed by atoms with Gasteiger partial charge < -0.3 is 10.7 Å². The van der Waals surface area contributed by atoms with E-state index in [1.807, 2.05) is 13.0 Å². The first kappa shape index (κ1) is 12.0. The van der Waals surface area contributed by atoms with Gasteiger partial charge in [0.05, 0.1) is 11.9 Å². The number of pyridine rings is 2. The summed E-state index contributed by atoms with van der Waals surface area (Å²) in [4.78, 5) is 20.0. The zero-order valence-corrected chi connectivity index (χ0v) is 9.84. The van der Waals surface area contributed by atoms with Gasteiger partial charge in [0.2, 0.25) is 0 Å². The third-order valence-electron chi connectivity index (χ3n) is 2.42. The molecule has 0 aliphatic rings. The molecule has 0 fully saturated rings. The van der Waals surface area contributed by atoms with Crippen molar-refractivity contribution in [2.75, 3.05) is 10.7 Å². The Morgan fingerprint density at radius 3 is 2.89 bits per heavy atom. The van der Waals surface area contributed by atoms with Crippen molar-refractivity contribution in [2.24, 2.45) is 5.84 Å². The van der Waals surface area contributed by atoms with Crippen molar-refractivity contribution >= 4 is 17.4 Å². The summed E-state index contributed by atoms with van der Waals surface area (Å²) in [7, 11) is 0. The number of aryl methyl sites for hydroxylation is 1. The molecule has 0 radical (unpaired) electrons. The van der Waals surface area contributed by atoms with E-state index in [1.165, 1.54) is 0 Å². The Labute approximate surface area is 104 Å². The van der Waals surface area contributed by atoms with E-state index in [2.05, 4.69) is 20.7 Å². The van der Waals surface area contributed by atoms with Gasteiger partial charge in [0.25, 0.3) is 5.91 Å².